The number of benzene rings is 1. The number of ether oxygens (including phenoxy) is 2. The van der Waals surface area contributed by atoms with Gasteiger partial charge in [0.15, 0.2) is 11.6 Å². The van der Waals surface area contributed by atoms with Crippen LogP contribution >= 0.6 is 11.8 Å². The van der Waals surface area contributed by atoms with E-state index in [0.29, 0.717) is 12.6 Å². The maximum absolute atomic E-state index is 6.05. The summed E-state index contributed by atoms with van der Waals surface area (Å²) in [6, 6.07) is 9.74. The van der Waals surface area contributed by atoms with Crippen molar-refractivity contribution in [2.75, 3.05) is 45.1 Å². The van der Waals surface area contributed by atoms with Gasteiger partial charge in [0, 0.05) is 51.7 Å². The molecule has 4 aliphatic rings. The molecule has 1 atom stereocenters. The molecule has 8 nitrogen and oxygen atoms in total. The van der Waals surface area contributed by atoms with Crippen LogP contribution in [-0.2, 0) is 11.3 Å². The van der Waals surface area contributed by atoms with Crippen LogP contribution < -0.4 is 20.3 Å². The lowest BCUT2D eigenvalue weighted by molar-refractivity contribution is 0.277. The molecule has 6 N–H and O–H groups in total. The molecule has 218 valence electrons. The third-order valence-electron chi connectivity index (χ3n) is 6.95. The number of methoxy groups -OCH3 is 1. The van der Waals surface area contributed by atoms with Gasteiger partial charge in [-0.1, -0.05) is 19.6 Å². The summed E-state index contributed by atoms with van der Waals surface area (Å²) in [6.07, 6.45) is 15.9. The van der Waals surface area contributed by atoms with Gasteiger partial charge in [0.25, 0.3) is 0 Å². The third kappa shape index (κ3) is 8.46. The number of aromatic nitrogens is 1. The minimum atomic E-state index is 0. The van der Waals surface area contributed by atoms with E-state index in [1.54, 1.807) is 26.0 Å². The molecule has 0 saturated heterocycles. The Morgan fingerprint density at radius 3 is 2.33 bits per heavy atom. The number of rotatable bonds is 8. The van der Waals surface area contributed by atoms with Crippen molar-refractivity contribution in [3.63, 3.8) is 0 Å². The highest BCUT2D eigenvalue weighted by Crippen LogP contribution is 2.47. The second kappa shape index (κ2) is 15.3. The van der Waals surface area contributed by atoms with Crippen LogP contribution in [0.3, 0.4) is 0 Å². The van der Waals surface area contributed by atoms with E-state index in [9.17, 15) is 0 Å². The summed E-state index contributed by atoms with van der Waals surface area (Å²) in [5.74, 6) is 3.38. The first-order valence-electron chi connectivity index (χ1n) is 13.0. The lowest BCUT2D eigenvalue weighted by atomic mass is 10.0. The highest BCUT2D eigenvalue weighted by Gasteiger charge is 2.30. The number of hydrogen-bond acceptors (Lipinski definition) is 7. The van der Waals surface area contributed by atoms with Crippen molar-refractivity contribution in [1.29, 1.82) is 0 Å². The molecule has 2 fully saturated rings. The van der Waals surface area contributed by atoms with Crippen LogP contribution in [0.25, 0.3) is 0 Å². The second-order valence-electron chi connectivity index (χ2n) is 9.99. The summed E-state index contributed by atoms with van der Waals surface area (Å²) in [7, 11) is 3.25. The van der Waals surface area contributed by atoms with Gasteiger partial charge in [0.1, 0.15) is 6.61 Å². The summed E-state index contributed by atoms with van der Waals surface area (Å²) >= 11 is 1.76. The number of dihydropyridines is 1. The molecular formula is C30H48N4O4S. The Bertz CT molecular complexity index is 1090. The Labute approximate surface area is 239 Å². The highest BCUT2D eigenvalue weighted by atomic mass is 32.2. The van der Waals surface area contributed by atoms with Gasteiger partial charge in [0.2, 0.25) is 0 Å². The molecule has 1 aromatic carbocycles. The van der Waals surface area contributed by atoms with E-state index >= 15 is 0 Å². The summed E-state index contributed by atoms with van der Waals surface area (Å²) in [4.78, 5) is 8.49. The standard InChI is InChI=1S/C27H32N4OS.C2H6O.CH4.2H2O.H2/c1-33-25-7-6-23(29-17-25)16-28-14-18-10-26-27(30-15-18)31(8-9-32-26)24-12-21(19-2-3-19)11-22(13-24)20-4-5-20;1-3-2;;;;/h6-7,10-13,15,17,19-20,23,28-29H,2-5,8-9,14,16H2,1H3;1-2H3;1H4;2*1H2;1H. The number of nitrogens with zero attached hydrogens (tertiary/aromatic N) is 2. The fraction of sp³-hybridized carbons (Fsp3) is 0.500. The number of anilines is 2. The Kier molecular flexibility index (Phi) is 12.8. The minimum absolute atomic E-state index is 0. The van der Waals surface area contributed by atoms with Gasteiger partial charge in [-0.15, -0.1) is 11.8 Å². The summed E-state index contributed by atoms with van der Waals surface area (Å²) in [6.45, 7) is 3.19. The lowest BCUT2D eigenvalue weighted by Gasteiger charge is -2.31. The number of fused-ring (bicyclic) bond motifs is 1. The van der Waals surface area contributed by atoms with Crippen molar-refractivity contribution in [3.8, 4) is 5.75 Å². The molecule has 2 aliphatic carbocycles. The molecule has 6 rings (SSSR count). The molecule has 0 bridgehead atoms. The topological polar surface area (TPSA) is 122 Å². The van der Waals surface area contributed by atoms with Gasteiger partial charge >= 0.3 is 0 Å². The number of pyridine rings is 1. The van der Waals surface area contributed by atoms with Crippen molar-refractivity contribution in [3.05, 3.63) is 70.4 Å². The molecule has 1 unspecified atom stereocenters. The largest absolute Gasteiger partial charge is 0.488 e. The van der Waals surface area contributed by atoms with Crippen molar-refractivity contribution in [1.82, 2.24) is 15.6 Å². The number of nitrogens with one attached hydrogen (secondary N) is 2. The second-order valence-corrected chi connectivity index (χ2v) is 10.9. The normalized spacial score (nSPS) is 18.9. The number of thioether (sulfide) groups is 1. The smallest absolute Gasteiger partial charge is 0.176 e. The Hall–Kier alpha value is -2.56. The quantitative estimate of drug-likeness (QED) is 0.481. The summed E-state index contributed by atoms with van der Waals surface area (Å²) < 4.78 is 10.3. The van der Waals surface area contributed by atoms with E-state index in [4.69, 9.17) is 9.72 Å². The van der Waals surface area contributed by atoms with E-state index in [-0.39, 0.29) is 19.8 Å². The predicted octanol–water partition coefficient (Wildman–Crippen LogP) is 4.68. The SMILES string of the molecule is C.COC.CSC1=CNC(CNCc2cnc3c(c2)OCCN3c2cc(C3CC3)cc(C3CC3)c2)C=C1.O.O.[HH]. The van der Waals surface area contributed by atoms with Gasteiger partial charge < -0.3 is 36.0 Å². The number of hydrogen-bond donors (Lipinski definition) is 2. The van der Waals surface area contributed by atoms with Gasteiger partial charge in [0.05, 0.1) is 12.6 Å². The molecule has 9 heteroatoms. The van der Waals surface area contributed by atoms with E-state index in [1.807, 2.05) is 6.20 Å². The molecule has 3 heterocycles. The maximum atomic E-state index is 6.05. The first kappa shape index (κ1) is 32.7. The Morgan fingerprint density at radius 1 is 1.10 bits per heavy atom. The number of allylic oxidation sites excluding steroid dienone is 1. The molecule has 2 aliphatic heterocycles. The molecule has 0 amide bonds. The average Bonchev–Trinajstić information content (AvgIpc) is 3.82. The van der Waals surface area contributed by atoms with Crippen molar-refractivity contribution < 1.29 is 21.9 Å². The molecule has 2 aromatic rings. The van der Waals surface area contributed by atoms with E-state index in [2.05, 4.69) is 69.1 Å². The van der Waals surface area contributed by atoms with Crippen LogP contribution in [-0.4, -0.2) is 62.1 Å². The van der Waals surface area contributed by atoms with Crippen molar-refractivity contribution >= 4 is 23.3 Å². The van der Waals surface area contributed by atoms with E-state index in [1.165, 1.54) is 47.4 Å². The fourth-order valence-corrected chi connectivity index (χ4v) is 5.14. The molecule has 0 radical (unpaired) electrons. The predicted molar refractivity (Wildman–Crippen MR) is 166 cm³/mol. The van der Waals surface area contributed by atoms with Gasteiger partial charge in [-0.3, -0.25) is 0 Å². The highest BCUT2D eigenvalue weighted by molar-refractivity contribution is 8.02. The minimum Gasteiger partial charge on any atom is -0.488 e. The summed E-state index contributed by atoms with van der Waals surface area (Å²) in [5.41, 5.74) is 5.49. The van der Waals surface area contributed by atoms with Gasteiger partial charge in [-0.25, -0.2) is 4.98 Å². The molecular weight excluding hydrogens is 512 g/mol. The molecule has 39 heavy (non-hydrogen) atoms. The van der Waals surface area contributed by atoms with Crippen molar-refractivity contribution in [2.24, 2.45) is 0 Å². The summed E-state index contributed by atoms with van der Waals surface area (Å²) in [5, 5.41) is 6.98. The monoisotopic (exact) mass is 560 g/mol. The fourth-order valence-electron chi connectivity index (χ4n) is 4.74. The zero-order chi connectivity index (χ0) is 24.9. The maximum Gasteiger partial charge on any atom is 0.176 e. The van der Waals surface area contributed by atoms with Crippen LogP contribution in [0.15, 0.2) is 53.7 Å². The van der Waals surface area contributed by atoms with E-state index in [0.717, 1.165) is 48.6 Å². The van der Waals surface area contributed by atoms with Gasteiger partial charge in [-0.05, 0) is 84.7 Å². The van der Waals surface area contributed by atoms with Crippen LogP contribution in [0, 0.1) is 0 Å². The average molecular weight is 561 g/mol. The molecule has 1 aromatic heterocycles. The van der Waals surface area contributed by atoms with Gasteiger partial charge in [-0.2, -0.15) is 0 Å². The lowest BCUT2D eigenvalue weighted by Crippen LogP contribution is -2.35. The van der Waals surface area contributed by atoms with Crippen LogP contribution in [0.4, 0.5) is 11.5 Å². The first-order chi connectivity index (χ1) is 17.7. The van der Waals surface area contributed by atoms with Crippen LogP contribution in [0.1, 0.15) is 63.1 Å². The van der Waals surface area contributed by atoms with Crippen molar-refractivity contribution in [2.45, 2.75) is 57.5 Å². The third-order valence-corrected chi connectivity index (χ3v) is 7.68. The molecule has 0 spiro atoms. The zero-order valence-electron chi connectivity index (χ0n) is 22.6. The Balaban J connectivity index is 0.00000110. The first-order valence-corrected chi connectivity index (χ1v) is 14.2. The Morgan fingerprint density at radius 2 is 1.77 bits per heavy atom. The zero-order valence-corrected chi connectivity index (χ0v) is 23.4. The van der Waals surface area contributed by atoms with E-state index < -0.39 is 0 Å². The van der Waals surface area contributed by atoms with Crippen LogP contribution in [0.5, 0.6) is 5.75 Å². The molecule has 2 saturated carbocycles. The van der Waals surface area contributed by atoms with Crippen LogP contribution in [0.2, 0.25) is 0 Å².